The van der Waals surface area contributed by atoms with Crippen molar-refractivity contribution in [2.24, 2.45) is 5.41 Å². The van der Waals surface area contributed by atoms with Crippen molar-refractivity contribution in [3.63, 3.8) is 0 Å². The molecule has 0 unspecified atom stereocenters. The number of fused-ring (bicyclic) bond motifs is 1. The Labute approximate surface area is 163 Å². The Morgan fingerprint density at radius 2 is 1.68 bits per heavy atom. The lowest BCUT2D eigenvalue weighted by Crippen LogP contribution is -2.56. The molecule has 0 spiro atoms. The van der Waals surface area contributed by atoms with Crippen LogP contribution in [0.3, 0.4) is 0 Å². The number of rotatable bonds is 3. The van der Waals surface area contributed by atoms with E-state index in [0.717, 1.165) is 22.6 Å². The monoisotopic (exact) mass is 381 g/mol. The second-order valence-corrected chi connectivity index (χ2v) is 7.90. The Balaban J connectivity index is 1.45. The number of ether oxygens (including phenoxy) is 4. The molecule has 1 amide bonds. The van der Waals surface area contributed by atoms with Crippen LogP contribution in [0, 0.1) is 5.41 Å². The highest BCUT2D eigenvalue weighted by Crippen LogP contribution is 2.40. The van der Waals surface area contributed by atoms with Crippen LogP contribution in [0.5, 0.6) is 11.5 Å². The number of morpholine rings is 1. The first-order valence-corrected chi connectivity index (χ1v) is 9.59. The smallest absolute Gasteiger partial charge is 0.233 e. The van der Waals surface area contributed by atoms with Gasteiger partial charge in [-0.3, -0.25) is 4.79 Å². The number of carbonyl (C=O) groups excluding carboxylic acids is 1. The number of hydrogen-bond donors (Lipinski definition) is 0. The second-order valence-electron chi connectivity index (χ2n) is 7.90. The van der Waals surface area contributed by atoms with Crippen molar-refractivity contribution in [1.82, 2.24) is 4.90 Å². The summed E-state index contributed by atoms with van der Waals surface area (Å²) in [5.74, 6) is 1.60. The maximum Gasteiger partial charge on any atom is 0.233 e. The lowest BCUT2D eigenvalue weighted by atomic mass is 9.86. The third-order valence-electron chi connectivity index (χ3n) is 5.69. The van der Waals surface area contributed by atoms with E-state index in [4.69, 9.17) is 18.9 Å². The van der Waals surface area contributed by atoms with E-state index in [1.807, 2.05) is 60.4 Å². The molecule has 0 aliphatic carbocycles. The number of amides is 1. The van der Waals surface area contributed by atoms with Crippen molar-refractivity contribution in [3.8, 4) is 11.5 Å². The van der Waals surface area contributed by atoms with Crippen molar-refractivity contribution in [3.05, 3.63) is 59.7 Å². The molecule has 3 aliphatic rings. The zero-order valence-electron chi connectivity index (χ0n) is 15.8. The van der Waals surface area contributed by atoms with Gasteiger partial charge in [0, 0.05) is 0 Å². The van der Waals surface area contributed by atoms with E-state index >= 15 is 0 Å². The number of carbonyl (C=O) groups is 1. The maximum absolute atomic E-state index is 13.2. The van der Waals surface area contributed by atoms with Crippen LogP contribution in [0.15, 0.2) is 48.5 Å². The molecule has 2 fully saturated rings. The van der Waals surface area contributed by atoms with E-state index in [1.54, 1.807) is 0 Å². The van der Waals surface area contributed by atoms with E-state index in [-0.39, 0.29) is 24.9 Å². The average molecular weight is 381 g/mol. The van der Waals surface area contributed by atoms with Gasteiger partial charge in [-0.1, -0.05) is 36.4 Å². The zero-order chi connectivity index (χ0) is 19.1. The first kappa shape index (κ1) is 17.5. The summed E-state index contributed by atoms with van der Waals surface area (Å²) in [6.07, 6.45) is -0.416. The summed E-state index contributed by atoms with van der Waals surface area (Å²) >= 11 is 0. The van der Waals surface area contributed by atoms with E-state index in [1.165, 1.54) is 0 Å². The second kappa shape index (κ2) is 6.79. The SMILES string of the molecule is CC1(C(=O)N2C[C@@H](c3ccccc3)O[C@@H](c3ccc4c(c3)OCO4)C2)COC1. The lowest BCUT2D eigenvalue weighted by molar-refractivity contribution is -0.180. The lowest BCUT2D eigenvalue weighted by Gasteiger charge is -2.45. The van der Waals surface area contributed by atoms with Gasteiger partial charge < -0.3 is 23.8 Å². The summed E-state index contributed by atoms with van der Waals surface area (Å²) in [6, 6.07) is 15.9. The van der Waals surface area contributed by atoms with Gasteiger partial charge in [-0.25, -0.2) is 0 Å². The molecule has 2 aromatic carbocycles. The highest BCUT2D eigenvalue weighted by molar-refractivity contribution is 5.83. The molecule has 3 aliphatic heterocycles. The van der Waals surface area contributed by atoms with Crippen LogP contribution < -0.4 is 9.47 Å². The van der Waals surface area contributed by atoms with E-state index in [2.05, 4.69) is 0 Å². The Bertz CT molecular complexity index is 880. The highest BCUT2D eigenvalue weighted by Gasteiger charge is 2.46. The first-order chi connectivity index (χ1) is 13.6. The van der Waals surface area contributed by atoms with Gasteiger partial charge in [0.05, 0.1) is 31.7 Å². The van der Waals surface area contributed by atoms with Crippen LogP contribution in [0.4, 0.5) is 0 Å². The quantitative estimate of drug-likeness (QED) is 0.818. The Hall–Kier alpha value is -2.57. The number of nitrogens with zero attached hydrogens (tertiary/aromatic N) is 1. The van der Waals surface area contributed by atoms with Gasteiger partial charge in [0.1, 0.15) is 12.2 Å². The van der Waals surface area contributed by atoms with E-state index < -0.39 is 5.41 Å². The molecular formula is C22H23NO5. The van der Waals surface area contributed by atoms with Gasteiger partial charge in [0.15, 0.2) is 11.5 Å². The van der Waals surface area contributed by atoms with Gasteiger partial charge in [-0.05, 0) is 30.2 Å². The average Bonchev–Trinajstić information content (AvgIpc) is 3.19. The predicted octanol–water partition coefficient (Wildman–Crippen LogP) is 3.09. The zero-order valence-corrected chi connectivity index (χ0v) is 15.8. The summed E-state index contributed by atoms with van der Waals surface area (Å²) in [5.41, 5.74) is 1.62. The fraction of sp³-hybridized carbons (Fsp3) is 0.409. The fourth-order valence-electron chi connectivity index (χ4n) is 3.99. The summed E-state index contributed by atoms with van der Waals surface area (Å²) in [5, 5.41) is 0. The Morgan fingerprint density at radius 1 is 0.964 bits per heavy atom. The minimum atomic E-state index is -0.433. The van der Waals surface area contributed by atoms with Gasteiger partial charge in [-0.2, -0.15) is 0 Å². The van der Waals surface area contributed by atoms with Gasteiger partial charge in [0.25, 0.3) is 0 Å². The molecular weight excluding hydrogens is 358 g/mol. The van der Waals surface area contributed by atoms with Crippen molar-refractivity contribution in [1.29, 1.82) is 0 Å². The molecule has 0 bridgehead atoms. The van der Waals surface area contributed by atoms with Crippen LogP contribution in [0.2, 0.25) is 0 Å². The minimum Gasteiger partial charge on any atom is -0.454 e. The van der Waals surface area contributed by atoms with Crippen molar-refractivity contribution >= 4 is 5.91 Å². The normalized spacial score (nSPS) is 25.2. The molecule has 5 rings (SSSR count). The summed E-state index contributed by atoms with van der Waals surface area (Å²) in [7, 11) is 0. The van der Waals surface area contributed by atoms with Gasteiger partial charge in [-0.15, -0.1) is 0 Å². The van der Waals surface area contributed by atoms with Crippen LogP contribution in [-0.2, 0) is 14.3 Å². The molecule has 0 N–H and O–H groups in total. The molecule has 0 radical (unpaired) electrons. The van der Waals surface area contributed by atoms with Crippen LogP contribution >= 0.6 is 0 Å². The molecule has 28 heavy (non-hydrogen) atoms. The minimum absolute atomic E-state index is 0.133. The van der Waals surface area contributed by atoms with Crippen molar-refractivity contribution in [2.75, 3.05) is 33.1 Å². The fourth-order valence-corrected chi connectivity index (χ4v) is 3.99. The largest absolute Gasteiger partial charge is 0.454 e. The van der Waals surface area contributed by atoms with Crippen LogP contribution in [0.1, 0.15) is 30.3 Å². The summed E-state index contributed by atoms with van der Waals surface area (Å²) < 4.78 is 22.7. The topological polar surface area (TPSA) is 57.2 Å². The molecule has 2 atom stereocenters. The molecule has 0 aromatic heterocycles. The molecule has 2 aromatic rings. The molecule has 6 heteroatoms. The number of benzene rings is 2. The van der Waals surface area contributed by atoms with E-state index in [0.29, 0.717) is 26.3 Å². The highest BCUT2D eigenvalue weighted by atomic mass is 16.7. The predicted molar refractivity (Wildman–Crippen MR) is 101 cm³/mol. The summed E-state index contributed by atoms with van der Waals surface area (Å²) in [4.78, 5) is 15.1. The Kier molecular flexibility index (Phi) is 4.25. The molecule has 0 saturated carbocycles. The van der Waals surface area contributed by atoms with Gasteiger partial charge >= 0.3 is 0 Å². The van der Waals surface area contributed by atoms with E-state index in [9.17, 15) is 4.79 Å². The summed E-state index contributed by atoms with van der Waals surface area (Å²) in [6.45, 7) is 4.22. The first-order valence-electron chi connectivity index (χ1n) is 9.59. The number of hydrogen-bond acceptors (Lipinski definition) is 5. The molecule has 3 heterocycles. The van der Waals surface area contributed by atoms with Crippen molar-refractivity contribution in [2.45, 2.75) is 19.1 Å². The third-order valence-corrected chi connectivity index (χ3v) is 5.69. The molecule has 2 saturated heterocycles. The van der Waals surface area contributed by atoms with Crippen molar-refractivity contribution < 1.29 is 23.7 Å². The molecule has 146 valence electrons. The maximum atomic E-state index is 13.2. The standard InChI is InChI=1S/C22H23NO5/c1-22(12-25-13-22)21(24)23-10-19(15-5-3-2-4-6-15)28-20(11-23)16-7-8-17-18(9-16)27-14-26-17/h2-9,19-20H,10-14H2,1H3/t19-,20+/m0/s1. The third kappa shape index (κ3) is 3.02. The molecule has 6 nitrogen and oxygen atoms in total. The van der Waals surface area contributed by atoms with Crippen LogP contribution in [-0.4, -0.2) is 43.9 Å². The Morgan fingerprint density at radius 3 is 2.39 bits per heavy atom. The van der Waals surface area contributed by atoms with Crippen LogP contribution in [0.25, 0.3) is 0 Å². The van der Waals surface area contributed by atoms with Gasteiger partial charge in [0.2, 0.25) is 12.7 Å².